The fraction of sp³-hybridized carbons (Fsp3) is 0.500. The van der Waals surface area contributed by atoms with Crippen LogP contribution in [-0.4, -0.2) is 44.2 Å². The monoisotopic (exact) mass is 262 g/mol. The van der Waals surface area contributed by atoms with Gasteiger partial charge in [0.25, 0.3) is 0 Å². The molecule has 1 amide bonds. The molecule has 1 fully saturated rings. The zero-order valence-electron chi connectivity index (χ0n) is 11.0. The fourth-order valence-corrected chi connectivity index (χ4v) is 2.45. The number of hydrogen-bond donors (Lipinski definition) is 1. The molecule has 1 unspecified atom stereocenters. The van der Waals surface area contributed by atoms with E-state index in [1.807, 2.05) is 25.2 Å². The molecule has 0 spiro atoms. The molecule has 2 heterocycles. The molecule has 1 saturated heterocycles. The lowest BCUT2D eigenvalue weighted by Gasteiger charge is -2.21. The van der Waals surface area contributed by atoms with Crippen molar-refractivity contribution < 1.29 is 14.3 Å². The van der Waals surface area contributed by atoms with Crippen molar-refractivity contribution in [3.63, 3.8) is 0 Å². The van der Waals surface area contributed by atoms with E-state index < -0.39 is 0 Å². The molecule has 1 aromatic rings. The predicted octanol–water partition coefficient (Wildman–Crippen LogP) is 0.951. The van der Waals surface area contributed by atoms with E-state index in [-0.39, 0.29) is 11.9 Å². The minimum absolute atomic E-state index is 0.0493. The van der Waals surface area contributed by atoms with Crippen LogP contribution >= 0.6 is 0 Å². The number of amides is 1. The Kier molecular flexibility index (Phi) is 3.29. The average Bonchev–Trinajstić information content (AvgIpc) is 2.61. The van der Waals surface area contributed by atoms with Crippen molar-refractivity contribution in [2.24, 2.45) is 0 Å². The maximum Gasteiger partial charge on any atom is 0.224 e. The van der Waals surface area contributed by atoms with Crippen LogP contribution in [0.25, 0.3) is 0 Å². The number of carbonyl (C=O) groups is 1. The van der Waals surface area contributed by atoms with Crippen LogP contribution in [0.2, 0.25) is 0 Å². The second kappa shape index (κ2) is 5.09. The lowest BCUT2D eigenvalue weighted by molar-refractivity contribution is -0.129. The summed E-state index contributed by atoms with van der Waals surface area (Å²) in [6.45, 7) is 2.73. The number of hydrogen-bond acceptors (Lipinski definition) is 4. The molecule has 1 atom stereocenters. The summed E-state index contributed by atoms with van der Waals surface area (Å²) in [5, 5.41) is 3.41. The van der Waals surface area contributed by atoms with Crippen molar-refractivity contribution in [2.45, 2.75) is 12.5 Å². The summed E-state index contributed by atoms with van der Waals surface area (Å²) >= 11 is 0. The largest absolute Gasteiger partial charge is 0.486 e. The zero-order valence-corrected chi connectivity index (χ0v) is 11.0. The molecular formula is C14H18N2O3. The minimum atomic E-state index is 0.0493. The highest BCUT2D eigenvalue weighted by Gasteiger charge is 2.23. The standard InChI is InChI=1S/C14H18N2O3/c1-16-5-4-15-11(9-14(16)17)10-2-3-12-13(8-10)19-7-6-18-12/h2-3,8,11,15H,4-7,9H2,1H3. The van der Waals surface area contributed by atoms with Gasteiger partial charge in [0.1, 0.15) is 13.2 Å². The molecule has 1 N–H and O–H groups in total. The number of likely N-dealkylation sites (N-methyl/N-ethyl adjacent to an activating group) is 1. The second-order valence-corrected chi connectivity index (χ2v) is 4.93. The van der Waals surface area contributed by atoms with E-state index in [1.165, 1.54) is 0 Å². The van der Waals surface area contributed by atoms with E-state index in [0.29, 0.717) is 19.6 Å². The Balaban J connectivity index is 1.83. The molecular weight excluding hydrogens is 244 g/mol. The van der Waals surface area contributed by atoms with Crippen molar-refractivity contribution in [3.05, 3.63) is 23.8 Å². The lowest BCUT2D eigenvalue weighted by atomic mass is 10.0. The van der Waals surface area contributed by atoms with Crippen LogP contribution in [0.5, 0.6) is 11.5 Å². The maximum absolute atomic E-state index is 11.9. The van der Waals surface area contributed by atoms with Gasteiger partial charge in [-0.15, -0.1) is 0 Å². The molecule has 2 aliphatic rings. The Labute approximate surface area is 112 Å². The second-order valence-electron chi connectivity index (χ2n) is 4.93. The van der Waals surface area contributed by atoms with Crippen LogP contribution in [0.1, 0.15) is 18.0 Å². The van der Waals surface area contributed by atoms with Crippen molar-refractivity contribution in [1.29, 1.82) is 0 Å². The van der Waals surface area contributed by atoms with Crippen LogP contribution < -0.4 is 14.8 Å². The van der Waals surface area contributed by atoms with Crippen LogP contribution in [0.3, 0.4) is 0 Å². The highest BCUT2D eigenvalue weighted by Crippen LogP contribution is 2.33. The lowest BCUT2D eigenvalue weighted by Crippen LogP contribution is -2.27. The van der Waals surface area contributed by atoms with E-state index in [9.17, 15) is 4.79 Å². The summed E-state index contributed by atoms with van der Waals surface area (Å²) in [7, 11) is 1.84. The number of fused-ring (bicyclic) bond motifs is 1. The third-order valence-electron chi connectivity index (χ3n) is 3.61. The third kappa shape index (κ3) is 2.51. The summed E-state index contributed by atoms with van der Waals surface area (Å²) in [4.78, 5) is 13.7. The summed E-state index contributed by atoms with van der Waals surface area (Å²) < 4.78 is 11.1. The van der Waals surface area contributed by atoms with E-state index in [1.54, 1.807) is 4.90 Å². The first kappa shape index (κ1) is 12.3. The maximum atomic E-state index is 11.9. The molecule has 5 heteroatoms. The average molecular weight is 262 g/mol. The van der Waals surface area contributed by atoms with Crippen molar-refractivity contribution in [1.82, 2.24) is 10.2 Å². The molecule has 0 aliphatic carbocycles. The Morgan fingerprint density at radius 3 is 2.89 bits per heavy atom. The van der Waals surface area contributed by atoms with Gasteiger partial charge in [-0.3, -0.25) is 4.79 Å². The first-order chi connectivity index (χ1) is 9.24. The van der Waals surface area contributed by atoms with Gasteiger partial charge >= 0.3 is 0 Å². The topological polar surface area (TPSA) is 50.8 Å². The summed E-state index contributed by atoms with van der Waals surface area (Å²) in [6.07, 6.45) is 0.482. The van der Waals surface area contributed by atoms with Gasteiger partial charge in [0, 0.05) is 32.6 Å². The molecule has 3 rings (SSSR count). The summed E-state index contributed by atoms with van der Waals surface area (Å²) in [5.74, 6) is 1.73. The first-order valence-electron chi connectivity index (χ1n) is 6.61. The highest BCUT2D eigenvalue weighted by atomic mass is 16.6. The first-order valence-corrected chi connectivity index (χ1v) is 6.61. The number of nitrogens with one attached hydrogen (secondary N) is 1. The van der Waals surface area contributed by atoms with E-state index in [4.69, 9.17) is 9.47 Å². The van der Waals surface area contributed by atoms with Gasteiger partial charge in [-0.25, -0.2) is 0 Å². The Morgan fingerprint density at radius 2 is 2.05 bits per heavy atom. The Bertz CT molecular complexity index is 490. The number of carbonyl (C=O) groups excluding carboxylic acids is 1. The molecule has 0 bridgehead atoms. The molecule has 19 heavy (non-hydrogen) atoms. The van der Waals surface area contributed by atoms with Crippen LogP contribution in [0.4, 0.5) is 0 Å². The Morgan fingerprint density at radius 1 is 1.26 bits per heavy atom. The molecule has 5 nitrogen and oxygen atoms in total. The molecule has 0 aromatic heterocycles. The zero-order chi connectivity index (χ0) is 13.2. The third-order valence-corrected chi connectivity index (χ3v) is 3.61. The van der Waals surface area contributed by atoms with Gasteiger partial charge < -0.3 is 19.7 Å². The van der Waals surface area contributed by atoms with E-state index in [0.717, 1.165) is 30.2 Å². The van der Waals surface area contributed by atoms with Gasteiger partial charge in [0.05, 0.1) is 0 Å². The summed E-state index contributed by atoms with van der Waals surface area (Å²) in [5.41, 5.74) is 1.08. The number of nitrogens with zero attached hydrogens (tertiary/aromatic N) is 1. The number of benzene rings is 1. The van der Waals surface area contributed by atoms with Crippen LogP contribution in [-0.2, 0) is 4.79 Å². The van der Waals surface area contributed by atoms with Crippen LogP contribution in [0, 0.1) is 0 Å². The van der Waals surface area contributed by atoms with Crippen LogP contribution in [0.15, 0.2) is 18.2 Å². The molecule has 2 aliphatic heterocycles. The van der Waals surface area contributed by atoms with E-state index in [2.05, 4.69) is 5.32 Å². The van der Waals surface area contributed by atoms with Gasteiger partial charge in [0.15, 0.2) is 11.5 Å². The minimum Gasteiger partial charge on any atom is -0.486 e. The molecule has 102 valence electrons. The molecule has 0 radical (unpaired) electrons. The van der Waals surface area contributed by atoms with E-state index >= 15 is 0 Å². The van der Waals surface area contributed by atoms with Crippen molar-refractivity contribution in [3.8, 4) is 11.5 Å². The summed E-state index contributed by atoms with van der Waals surface area (Å²) in [6, 6.07) is 5.95. The quantitative estimate of drug-likeness (QED) is 0.818. The SMILES string of the molecule is CN1CCNC(c2ccc3c(c2)OCCO3)CC1=O. The van der Waals surface area contributed by atoms with Gasteiger partial charge in [0.2, 0.25) is 5.91 Å². The molecule has 1 aromatic carbocycles. The smallest absolute Gasteiger partial charge is 0.224 e. The fourth-order valence-electron chi connectivity index (χ4n) is 2.45. The van der Waals surface area contributed by atoms with Crippen molar-refractivity contribution in [2.75, 3.05) is 33.4 Å². The highest BCUT2D eigenvalue weighted by molar-refractivity contribution is 5.77. The predicted molar refractivity (Wildman–Crippen MR) is 70.4 cm³/mol. The van der Waals surface area contributed by atoms with Crippen molar-refractivity contribution >= 4 is 5.91 Å². The van der Waals surface area contributed by atoms with Gasteiger partial charge in [-0.05, 0) is 17.7 Å². The normalized spacial score (nSPS) is 23.1. The number of ether oxygens (including phenoxy) is 2. The van der Waals surface area contributed by atoms with Gasteiger partial charge in [-0.2, -0.15) is 0 Å². The Hall–Kier alpha value is -1.75. The number of rotatable bonds is 1. The molecule has 0 saturated carbocycles. The van der Waals surface area contributed by atoms with Gasteiger partial charge in [-0.1, -0.05) is 6.07 Å².